The summed E-state index contributed by atoms with van der Waals surface area (Å²) in [6, 6.07) is 8.91. The van der Waals surface area contributed by atoms with Crippen LogP contribution < -0.4 is 0 Å². The van der Waals surface area contributed by atoms with Gasteiger partial charge in [0.15, 0.2) is 0 Å². The predicted molar refractivity (Wildman–Crippen MR) is 84.2 cm³/mol. The molecule has 1 aromatic carbocycles. The van der Waals surface area contributed by atoms with E-state index in [2.05, 4.69) is 4.98 Å². The van der Waals surface area contributed by atoms with Crippen molar-refractivity contribution in [1.29, 1.82) is 0 Å². The molecule has 2 rings (SSSR count). The first kappa shape index (κ1) is 16.7. The quantitative estimate of drug-likeness (QED) is 0.464. The van der Waals surface area contributed by atoms with Gasteiger partial charge in [-0.3, -0.25) is 4.79 Å². The monoisotopic (exact) mass is 317 g/mol. The van der Waals surface area contributed by atoms with Gasteiger partial charge in [-0.2, -0.15) is 0 Å². The minimum atomic E-state index is -0.877. The van der Waals surface area contributed by atoms with Gasteiger partial charge in [-0.1, -0.05) is 30.3 Å². The maximum atomic E-state index is 12.5. The zero-order valence-electron chi connectivity index (χ0n) is 13.4. The molecule has 7 nitrogen and oxygen atoms in total. The predicted octanol–water partition coefficient (Wildman–Crippen LogP) is 2.81. The number of ether oxygens (including phenoxy) is 1. The number of hydrogen-bond acceptors (Lipinski definition) is 5. The second kappa shape index (κ2) is 7.04. The third-order valence-electron chi connectivity index (χ3n) is 3.60. The molecule has 1 atom stereocenters. The van der Waals surface area contributed by atoms with Crippen LogP contribution in [0.3, 0.4) is 0 Å². The summed E-state index contributed by atoms with van der Waals surface area (Å²) in [5.41, 5.74) is 0.906. The Balaban J connectivity index is 2.69. The van der Waals surface area contributed by atoms with E-state index in [4.69, 9.17) is 4.74 Å². The van der Waals surface area contributed by atoms with E-state index in [1.54, 1.807) is 42.7 Å². The molecule has 7 heteroatoms. The molecule has 0 aliphatic carbocycles. The number of aromatic nitrogens is 2. The molecule has 1 unspecified atom stereocenters. The van der Waals surface area contributed by atoms with E-state index in [1.807, 2.05) is 13.0 Å². The summed E-state index contributed by atoms with van der Waals surface area (Å²) in [7, 11) is 0. The van der Waals surface area contributed by atoms with Crippen molar-refractivity contribution in [2.45, 2.75) is 33.2 Å². The highest BCUT2D eigenvalue weighted by atomic mass is 16.6. The summed E-state index contributed by atoms with van der Waals surface area (Å²) in [6.07, 6.45) is 0. The third kappa shape index (κ3) is 3.23. The lowest BCUT2D eigenvalue weighted by Gasteiger charge is -2.17. The molecular formula is C16H19N3O4. The van der Waals surface area contributed by atoms with Crippen LogP contribution in [0.4, 0.5) is 5.82 Å². The normalized spacial score (nSPS) is 12.0. The van der Waals surface area contributed by atoms with Crippen LogP contribution in [0.5, 0.6) is 0 Å². The van der Waals surface area contributed by atoms with E-state index >= 15 is 0 Å². The summed E-state index contributed by atoms with van der Waals surface area (Å²) < 4.78 is 6.84. The van der Waals surface area contributed by atoms with Crippen molar-refractivity contribution < 1.29 is 14.5 Å². The molecule has 0 aliphatic heterocycles. The van der Waals surface area contributed by atoms with Crippen molar-refractivity contribution in [1.82, 2.24) is 9.55 Å². The smallest absolute Gasteiger partial charge is 0.386 e. The van der Waals surface area contributed by atoms with Crippen molar-refractivity contribution in [2.24, 2.45) is 0 Å². The largest absolute Gasteiger partial charge is 0.465 e. The highest BCUT2D eigenvalue weighted by Crippen LogP contribution is 2.33. The molecule has 0 spiro atoms. The molecule has 0 fully saturated rings. The second-order valence-electron chi connectivity index (χ2n) is 4.96. The summed E-state index contributed by atoms with van der Waals surface area (Å²) in [4.78, 5) is 27.4. The Labute approximate surface area is 134 Å². The van der Waals surface area contributed by atoms with Gasteiger partial charge < -0.3 is 19.4 Å². The van der Waals surface area contributed by atoms with Crippen molar-refractivity contribution in [2.75, 3.05) is 6.61 Å². The topological polar surface area (TPSA) is 87.3 Å². The Morgan fingerprint density at radius 2 is 2.00 bits per heavy atom. The lowest BCUT2D eigenvalue weighted by atomic mass is 9.95. The molecule has 0 amide bonds. The molecule has 0 bridgehead atoms. The minimum Gasteiger partial charge on any atom is -0.465 e. The number of imidazole rings is 1. The number of esters is 1. The van der Waals surface area contributed by atoms with Gasteiger partial charge in [-0.05, 0) is 29.3 Å². The fourth-order valence-corrected chi connectivity index (χ4v) is 2.66. The molecular weight excluding hydrogens is 298 g/mol. The average Bonchev–Trinajstić information content (AvgIpc) is 2.85. The van der Waals surface area contributed by atoms with Crippen LogP contribution >= 0.6 is 0 Å². The van der Waals surface area contributed by atoms with Crippen LogP contribution in [0.1, 0.15) is 36.8 Å². The Bertz CT molecular complexity index is 710. The van der Waals surface area contributed by atoms with Crippen molar-refractivity contribution in [3.8, 4) is 0 Å². The molecule has 122 valence electrons. The van der Waals surface area contributed by atoms with Gasteiger partial charge in [0.2, 0.25) is 5.82 Å². The van der Waals surface area contributed by atoms with E-state index in [-0.39, 0.29) is 18.1 Å². The molecule has 0 aliphatic rings. The van der Waals surface area contributed by atoms with Crippen LogP contribution in [0.25, 0.3) is 0 Å². The molecule has 2 aromatic rings. The first-order valence-corrected chi connectivity index (χ1v) is 7.44. The van der Waals surface area contributed by atoms with Gasteiger partial charge in [0.1, 0.15) is 11.6 Å². The highest BCUT2D eigenvalue weighted by molar-refractivity contribution is 5.83. The number of rotatable bonds is 6. The molecule has 0 radical (unpaired) electrons. The third-order valence-corrected chi connectivity index (χ3v) is 3.60. The maximum Gasteiger partial charge on any atom is 0.386 e. The Morgan fingerprint density at radius 1 is 1.35 bits per heavy atom. The van der Waals surface area contributed by atoms with Gasteiger partial charge >= 0.3 is 11.8 Å². The van der Waals surface area contributed by atoms with Crippen LogP contribution in [0.2, 0.25) is 0 Å². The molecule has 0 saturated carbocycles. The summed E-state index contributed by atoms with van der Waals surface area (Å²) in [5, 5.41) is 11.4. The van der Waals surface area contributed by atoms with Crippen LogP contribution in [0.15, 0.2) is 30.3 Å². The van der Waals surface area contributed by atoms with E-state index < -0.39 is 16.8 Å². The first-order chi connectivity index (χ1) is 11.0. The van der Waals surface area contributed by atoms with Crippen LogP contribution in [-0.2, 0) is 16.1 Å². The van der Waals surface area contributed by atoms with Crippen LogP contribution in [-0.4, -0.2) is 27.1 Å². The van der Waals surface area contributed by atoms with E-state index in [1.165, 1.54) is 0 Å². The number of nitrogens with zero attached hydrogens (tertiary/aromatic N) is 3. The standard InChI is InChI=1S/C16H19N3O4/c1-4-18-11(3)17-15(19(21)22)14(18)13(16(20)23-5-2)12-9-7-6-8-10-12/h6-10,13H,4-5H2,1-3H3. The minimum absolute atomic E-state index is 0.204. The number of aryl methyl sites for hydroxylation is 1. The van der Waals surface area contributed by atoms with E-state index in [0.29, 0.717) is 17.9 Å². The van der Waals surface area contributed by atoms with Gasteiger partial charge in [0.05, 0.1) is 6.61 Å². The Hall–Kier alpha value is -2.70. The number of carbonyl (C=O) groups is 1. The summed E-state index contributed by atoms with van der Waals surface area (Å²) >= 11 is 0. The van der Waals surface area contributed by atoms with Crippen LogP contribution in [0, 0.1) is 17.0 Å². The fourth-order valence-electron chi connectivity index (χ4n) is 2.66. The zero-order valence-corrected chi connectivity index (χ0v) is 13.4. The zero-order chi connectivity index (χ0) is 17.0. The summed E-state index contributed by atoms with van der Waals surface area (Å²) in [6.45, 7) is 5.93. The maximum absolute atomic E-state index is 12.5. The lowest BCUT2D eigenvalue weighted by Crippen LogP contribution is -2.21. The molecule has 0 saturated heterocycles. The number of nitro groups is 1. The molecule has 1 aromatic heterocycles. The van der Waals surface area contributed by atoms with Crippen molar-refractivity contribution in [3.05, 3.63) is 57.5 Å². The van der Waals surface area contributed by atoms with Crippen molar-refractivity contribution >= 4 is 11.8 Å². The number of benzene rings is 1. The van der Waals surface area contributed by atoms with Gasteiger partial charge in [-0.25, -0.2) is 0 Å². The van der Waals surface area contributed by atoms with Gasteiger partial charge in [-0.15, -0.1) is 0 Å². The van der Waals surface area contributed by atoms with Gasteiger partial charge in [0, 0.05) is 13.5 Å². The van der Waals surface area contributed by atoms with E-state index in [0.717, 1.165) is 0 Å². The summed E-state index contributed by atoms with van der Waals surface area (Å²) in [5.74, 6) is -1.19. The first-order valence-electron chi connectivity index (χ1n) is 7.44. The Kier molecular flexibility index (Phi) is 5.10. The fraction of sp³-hybridized carbons (Fsp3) is 0.375. The SMILES string of the molecule is CCOC(=O)C(c1ccccc1)c1c([N+](=O)[O-])nc(C)n1CC. The molecule has 0 N–H and O–H groups in total. The average molecular weight is 317 g/mol. The second-order valence-corrected chi connectivity index (χ2v) is 4.96. The highest BCUT2D eigenvalue weighted by Gasteiger charge is 2.37. The molecule has 23 heavy (non-hydrogen) atoms. The lowest BCUT2D eigenvalue weighted by molar-refractivity contribution is -0.390. The Morgan fingerprint density at radius 3 is 2.52 bits per heavy atom. The number of carbonyl (C=O) groups excluding carboxylic acids is 1. The molecule has 1 heterocycles. The van der Waals surface area contributed by atoms with Crippen molar-refractivity contribution in [3.63, 3.8) is 0 Å². The number of hydrogen-bond donors (Lipinski definition) is 0. The van der Waals surface area contributed by atoms with Gasteiger partial charge in [0.25, 0.3) is 0 Å². The van der Waals surface area contributed by atoms with E-state index in [9.17, 15) is 14.9 Å².